The van der Waals surface area contributed by atoms with E-state index in [4.69, 9.17) is 27.2 Å². The van der Waals surface area contributed by atoms with Crippen LogP contribution in [0.4, 0.5) is 10.1 Å². The average molecular weight is 296 g/mol. The molecule has 0 fully saturated rings. The zero-order valence-corrected chi connectivity index (χ0v) is 11.2. The van der Waals surface area contributed by atoms with Crippen molar-refractivity contribution >= 4 is 23.3 Å². The van der Waals surface area contributed by atoms with E-state index in [1.54, 1.807) is 25.1 Å². The number of carboxylic acids is 1. The van der Waals surface area contributed by atoms with Crippen molar-refractivity contribution in [2.45, 2.75) is 6.92 Å². The smallest absolute Gasteiger partial charge is 0.338 e. The second kappa shape index (κ2) is 5.38. The van der Waals surface area contributed by atoms with Crippen molar-refractivity contribution < 1.29 is 19.0 Å². The first-order chi connectivity index (χ1) is 9.38. The van der Waals surface area contributed by atoms with Crippen molar-refractivity contribution in [3.63, 3.8) is 0 Å². The highest BCUT2D eigenvalue weighted by atomic mass is 35.5. The monoisotopic (exact) mass is 295 g/mol. The number of benzene rings is 2. The van der Waals surface area contributed by atoms with E-state index in [1.165, 1.54) is 0 Å². The van der Waals surface area contributed by atoms with Gasteiger partial charge in [0.05, 0.1) is 11.3 Å². The molecule has 0 unspecified atom stereocenters. The summed E-state index contributed by atoms with van der Waals surface area (Å²) in [6.45, 7) is 1.78. The van der Waals surface area contributed by atoms with Gasteiger partial charge in [-0.3, -0.25) is 0 Å². The second-order valence-corrected chi connectivity index (χ2v) is 4.62. The maximum atomic E-state index is 13.6. The van der Waals surface area contributed by atoms with Gasteiger partial charge in [-0.1, -0.05) is 11.6 Å². The summed E-state index contributed by atoms with van der Waals surface area (Å²) in [5, 5.41) is 9.35. The number of nitrogens with two attached hydrogens (primary N) is 1. The van der Waals surface area contributed by atoms with Crippen LogP contribution in [0.2, 0.25) is 5.02 Å². The van der Waals surface area contributed by atoms with Gasteiger partial charge < -0.3 is 15.6 Å². The van der Waals surface area contributed by atoms with Gasteiger partial charge >= 0.3 is 5.97 Å². The van der Waals surface area contributed by atoms with E-state index in [0.29, 0.717) is 10.8 Å². The quantitative estimate of drug-likeness (QED) is 0.843. The lowest BCUT2D eigenvalue weighted by molar-refractivity contribution is 0.0692. The van der Waals surface area contributed by atoms with Crippen molar-refractivity contribution in [3.05, 3.63) is 52.3 Å². The Balaban J connectivity index is 2.39. The average Bonchev–Trinajstić information content (AvgIpc) is 2.36. The molecule has 0 amide bonds. The molecule has 0 heterocycles. The molecule has 0 saturated carbocycles. The van der Waals surface area contributed by atoms with Crippen molar-refractivity contribution in [3.8, 4) is 11.5 Å². The Bertz CT molecular complexity index is 688. The Morgan fingerprint density at radius 2 is 2.00 bits per heavy atom. The lowest BCUT2D eigenvalue weighted by Crippen LogP contribution is -2.03. The zero-order valence-electron chi connectivity index (χ0n) is 10.5. The van der Waals surface area contributed by atoms with Crippen LogP contribution in [0.25, 0.3) is 0 Å². The van der Waals surface area contributed by atoms with Gasteiger partial charge in [-0.15, -0.1) is 0 Å². The third-order valence-corrected chi connectivity index (χ3v) is 2.92. The summed E-state index contributed by atoms with van der Waals surface area (Å²) in [6, 6.07) is 6.92. The molecule has 3 N–H and O–H groups in total. The van der Waals surface area contributed by atoms with Crippen LogP contribution in [-0.2, 0) is 0 Å². The number of anilines is 1. The highest BCUT2D eigenvalue weighted by Gasteiger charge is 2.15. The summed E-state index contributed by atoms with van der Waals surface area (Å²) in [5.74, 6) is -1.78. The van der Waals surface area contributed by atoms with Gasteiger partial charge in [0.2, 0.25) is 0 Å². The number of hydrogen-bond donors (Lipinski definition) is 2. The van der Waals surface area contributed by atoms with E-state index in [-0.39, 0.29) is 11.4 Å². The minimum Gasteiger partial charge on any atom is -0.478 e. The van der Waals surface area contributed by atoms with Gasteiger partial charge in [0.15, 0.2) is 5.75 Å². The number of ether oxygens (including phenoxy) is 1. The topological polar surface area (TPSA) is 72.5 Å². The Hall–Kier alpha value is -2.27. The molecule has 2 rings (SSSR count). The summed E-state index contributed by atoms with van der Waals surface area (Å²) < 4.78 is 19.1. The molecular weight excluding hydrogens is 285 g/mol. The molecule has 0 radical (unpaired) electrons. The molecule has 4 nitrogen and oxygen atoms in total. The third kappa shape index (κ3) is 2.83. The number of carbonyl (C=O) groups is 1. The van der Waals surface area contributed by atoms with Crippen molar-refractivity contribution in [2.75, 3.05) is 5.73 Å². The highest BCUT2D eigenvalue weighted by molar-refractivity contribution is 6.30. The van der Waals surface area contributed by atoms with Gasteiger partial charge in [0, 0.05) is 11.1 Å². The minimum atomic E-state index is -1.39. The molecule has 0 aliphatic carbocycles. The lowest BCUT2D eigenvalue weighted by Gasteiger charge is -2.12. The fraction of sp³-hybridized carbons (Fsp3) is 0.0714. The van der Waals surface area contributed by atoms with Gasteiger partial charge in [-0.2, -0.15) is 0 Å². The number of hydrogen-bond acceptors (Lipinski definition) is 3. The van der Waals surface area contributed by atoms with Gasteiger partial charge in [0.1, 0.15) is 11.6 Å². The molecule has 0 aromatic heterocycles. The Morgan fingerprint density at radius 1 is 1.30 bits per heavy atom. The minimum absolute atomic E-state index is 0.0400. The number of rotatable bonds is 3. The number of aromatic carboxylic acids is 1. The fourth-order valence-electron chi connectivity index (χ4n) is 1.67. The van der Waals surface area contributed by atoms with Gasteiger partial charge in [-0.05, 0) is 36.8 Å². The normalized spacial score (nSPS) is 10.3. The Morgan fingerprint density at radius 3 is 2.60 bits per heavy atom. The van der Waals surface area contributed by atoms with E-state index >= 15 is 0 Å². The molecule has 0 saturated heterocycles. The van der Waals surface area contributed by atoms with E-state index in [2.05, 4.69) is 0 Å². The van der Waals surface area contributed by atoms with E-state index in [0.717, 1.165) is 17.7 Å². The van der Waals surface area contributed by atoms with Crippen LogP contribution in [0, 0.1) is 12.7 Å². The highest BCUT2D eigenvalue weighted by Crippen LogP contribution is 2.32. The van der Waals surface area contributed by atoms with Crippen LogP contribution >= 0.6 is 11.6 Å². The number of carboxylic acid groups (broad SMARTS) is 1. The number of aryl methyl sites for hydroxylation is 1. The predicted molar refractivity (Wildman–Crippen MR) is 74.0 cm³/mol. The van der Waals surface area contributed by atoms with Crippen molar-refractivity contribution in [2.24, 2.45) is 0 Å². The molecule has 2 aromatic rings. The summed E-state index contributed by atoms with van der Waals surface area (Å²) >= 11 is 5.83. The zero-order chi connectivity index (χ0) is 14.9. The van der Waals surface area contributed by atoms with Crippen molar-refractivity contribution in [1.82, 2.24) is 0 Å². The summed E-state index contributed by atoms with van der Waals surface area (Å²) in [6.07, 6.45) is 0. The number of nitrogen functional groups attached to an aromatic ring is 1. The first-order valence-corrected chi connectivity index (χ1v) is 6.02. The Kier molecular flexibility index (Phi) is 3.81. The Labute approximate surface area is 119 Å². The SMILES string of the molecule is Cc1cc(Cl)ccc1Oc1cc(F)c(C(=O)O)cc1N. The van der Waals surface area contributed by atoms with E-state index in [9.17, 15) is 9.18 Å². The maximum absolute atomic E-state index is 13.6. The molecule has 2 aromatic carbocycles. The largest absolute Gasteiger partial charge is 0.478 e. The summed E-state index contributed by atoms with van der Waals surface area (Å²) in [5.41, 5.74) is 5.97. The van der Waals surface area contributed by atoms with Gasteiger partial charge in [-0.25, -0.2) is 9.18 Å². The first kappa shape index (κ1) is 14.1. The van der Waals surface area contributed by atoms with Crippen LogP contribution in [0.1, 0.15) is 15.9 Å². The number of halogens is 2. The van der Waals surface area contributed by atoms with E-state index < -0.39 is 17.3 Å². The molecule has 0 atom stereocenters. The molecule has 0 aliphatic heterocycles. The lowest BCUT2D eigenvalue weighted by atomic mass is 10.1. The molecule has 104 valence electrons. The summed E-state index contributed by atoms with van der Waals surface area (Å²) in [4.78, 5) is 10.8. The molecule has 6 heteroatoms. The van der Waals surface area contributed by atoms with Crippen LogP contribution < -0.4 is 10.5 Å². The second-order valence-electron chi connectivity index (χ2n) is 4.19. The molecule has 0 aliphatic rings. The third-order valence-electron chi connectivity index (χ3n) is 2.69. The summed E-state index contributed by atoms with van der Waals surface area (Å²) in [7, 11) is 0. The van der Waals surface area contributed by atoms with Gasteiger partial charge in [0.25, 0.3) is 0 Å². The predicted octanol–water partition coefficient (Wildman–Crippen LogP) is 3.86. The standard InChI is InChI=1S/C14H11ClFNO3/c1-7-4-8(15)2-3-12(7)20-13-6-10(16)9(14(18)19)5-11(13)17/h2-6H,17H2,1H3,(H,18,19). The fourth-order valence-corrected chi connectivity index (χ4v) is 1.90. The van der Waals surface area contributed by atoms with E-state index in [1.807, 2.05) is 0 Å². The molecule has 0 spiro atoms. The van der Waals surface area contributed by atoms with Crippen LogP contribution in [0.15, 0.2) is 30.3 Å². The van der Waals surface area contributed by atoms with Crippen molar-refractivity contribution in [1.29, 1.82) is 0 Å². The first-order valence-electron chi connectivity index (χ1n) is 5.65. The van der Waals surface area contributed by atoms with Crippen LogP contribution in [0.3, 0.4) is 0 Å². The molecule has 0 bridgehead atoms. The van der Waals surface area contributed by atoms with Crippen LogP contribution in [0.5, 0.6) is 11.5 Å². The van der Waals surface area contributed by atoms with Crippen LogP contribution in [-0.4, -0.2) is 11.1 Å². The molecule has 20 heavy (non-hydrogen) atoms. The maximum Gasteiger partial charge on any atom is 0.338 e. The molecular formula is C14H11ClFNO3.